The number of carbonyl (C=O) groups excluding carboxylic acids is 1. The van der Waals surface area contributed by atoms with Gasteiger partial charge in [-0.1, -0.05) is 29.5 Å². The van der Waals surface area contributed by atoms with Crippen molar-refractivity contribution in [3.05, 3.63) is 63.0 Å². The molecule has 0 aliphatic heterocycles. The molecule has 7 nitrogen and oxygen atoms in total. The van der Waals surface area contributed by atoms with E-state index in [0.29, 0.717) is 27.6 Å². The van der Waals surface area contributed by atoms with Gasteiger partial charge in [-0.3, -0.25) is 14.2 Å². The smallest absolute Gasteiger partial charge is 0.272 e. The van der Waals surface area contributed by atoms with E-state index in [-0.39, 0.29) is 17.2 Å². The summed E-state index contributed by atoms with van der Waals surface area (Å²) in [6, 6.07) is 9.91. The molecule has 0 spiro atoms. The molecular weight excluding hydrogens is 430 g/mol. The van der Waals surface area contributed by atoms with E-state index in [0.717, 1.165) is 17.1 Å². The van der Waals surface area contributed by atoms with Gasteiger partial charge >= 0.3 is 0 Å². The third-order valence-electron chi connectivity index (χ3n) is 5.01. The number of thiophene rings is 1. The molecule has 3 heterocycles. The summed E-state index contributed by atoms with van der Waals surface area (Å²) in [6.45, 7) is 8.26. The molecule has 0 aliphatic carbocycles. The third-order valence-corrected chi connectivity index (χ3v) is 6.88. The molecule has 160 valence electrons. The van der Waals surface area contributed by atoms with Crippen molar-refractivity contribution < 1.29 is 4.79 Å². The molecule has 4 rings (SSSR count). The highest BCUT2D eigenvalue weighted by molar-refractivity contribution is 7.99. The maximum absolute atomic E-state index is 12.7. The number of anilines is 1. The quantitative estimate of drug-likeness (QED) is 0.347. The summed E-state index contributed by atoms with van der Waals surface area (Å²) in [4.78, 5) is 29.9. The first-order chi connectivity index (χ1) is 14.9. The number of nitrogens with one attached hydrogen (secondary N) is 1. The van der Waals surface area contributed by atoms with Gasteiger partial charge in [-0.25, -0.2) is 9.67 Å². The Labute approximate surface area is 188 Å². The Hall–Kier alpha value is -2.91. The first kappa shape index (κ1) is 21.3. The van der Waals surface area contributed by atoms with Crippen LogP contribution in [0.2, 0.25) is 0 Å². The van der Waals surface area contributed by atoms with Crippen LogP contribution in [-0.4, -0.2) is 31.0 Å². The van der Waals surface area contributed by atoms with Crippen LogP contribution in [0.5, 0.6) is 0 Å². The van der Waals surface area contributed by atoms with E-state index in [9.17, 15) is 9.59 Å². The van der Waals surface area contributed by atoms with Gasteiger partial charge in [0.05, 0.1) is 34.0 Å². The zero-order valence-electron chi connectivity index (χ0n) is 17.8. The molecule has 0 saturated carbocycles. The normalized spacial score (nSPS) is 11.2. The minimum atomic E-state index is -0.165. The number of nitrogens with zero attached hydrogens (tertiary/aromatic N) is 4. The fourth-order valence-corrected chi connectivity index (χ4v) is 5.02. The molecule has 0 radical (unpaired) electrons. The summed E-state index contributed by atoms with van der Waals surface area (Å²) in [7, 11) is 0. The topological polar surface area (TPSA) is 81.8 Å². The van der Waals surface area contributed by atoms with Crippen molar-refractivity contribution in [2.75, 3.05) is 11.1 Å². The van der Waals surface area contributed by atoms with Gasteiger partial charge < -0.3 is 5.32 Å². The second-order valence-electron chi connectivity index (χ2n) is 7.21. The highest BCUT2D eigenvalue weighted by Crippen LogP contribution is 2.25. The Morgan fingerprint density at radius 2 is 1.90 bits per heavy atom. The molecule has 4 aromatic rings. The molecule has 31 heavy (non-hydrogen) atoms. The van der Waals surface area contributed by atoms with E-state index < -0.39 is 0 Å². The standard InChI is InChI=1S/C22H23N5O2S2/c1-5-26-21(29)20-17(10-11-30-20)23-22(26)31-12-18(28)24-19-14(3)25-27(15(19)4)16-8-6-13(2)7-9-16/h6-11H,5,12H2,1-4H3,(H,24,28). The number of aromatic nitrogens is 4. The summed E-state index contributed by atoms with van der Waals surface area (Å²) in [6.07, 6.45) is 0. The molecule has 1 aromatic carbocycles. The minimum Gasteiger partial charge on any atom is -0.322 e. The largest absolute Gasteiger partial charge is 0.322 e. The molecule has 1 amide bonds. The minimum absolute atomic E-state index is 0.0588. The van der Waals surface area contributed by atoms with E-state index in [1.165, 1.54) is 28.7 Å². The SMILES string of the molecule is CCn1c(SCC(=O)Nc2c(C)nn(-c3ccc(C)cc3)c2C)nc2ccsc2c1=O. The Morgan fingerprint density at radius 1 is 1.16 bits per heavy atom. The highest BCUT2D eigenvalue weighted by atomic mass is 32.2. The van der Waals surface area contributed by atoms with E-state index in [1.54, 1.807) is 4.57 Å². The Morgan fingerprint density at radius 3 is 2.61 bits per heavy atom. The van der Waals surface area contributed by atoms with Gasteiger partial charge in [0.15, 0.2) is 5.16 Å². The first-order valence-electron chi connectivity index (χ1n) is 9.93. The maximum atomic E-state index is 12.7. The summed E-state index contributed by atoms with van der Waals surface area (Å²) in [5, 5.41) is 9.98. The van der Waals surface area contributed by atoms with Crippen molar-refractivity contribution in [2.45, 2.75) is 39.4 Å². The lowest BCUT2D eigenvalue weighted by Gasteiger charge is -2.10. The maximum Gasteiger partial charge on any atom is 0.272 e. The lowest BCUT2D eigenvalue weighted by Crippen LogP contribution is -2.22. The number of amides is 1. The van der Waals surface area contributed by atoms with Crippen molar-refractivity contribution in [1.82, 2.24) is 19.3 Å². The molecule has 0 fully saturated rings. The Kier molecular flexibility index (Phi) is 5.97. The molecule has 9 heteroatoms. The van der Waals surface area contributed by atoms with E-state index in [1.807, 2.05) is 68.1 Å². The predicted molar refractivity (Wildman–Crippen MR) is 127 cm³/mol. The summed E-state index contributed by atoms with van der Waals surface area (Å²) in [5.41, 5.74) is 5.06. The van der Waals surface area contributed by atoms with Gasteiger partial charge in [0.25, 0.3) is 5.56 Å². The zero-order valence-corrected chi connectivity index (χ0v) is 19.4. The fraction of sp³-hybridized carbons (Fsp3) is 0.273. The van der Waals surface area contributed by atoms with Crippen LogP contribution < -0.4 is 10.9 Å². The van der Waals surface area contributed by atoms with Crippen molar-refractivity contribution >= 4 is 44.9 Å². The van der Waals surface area contributed by atoms with Crippen LogP contribution in [0.1, 0.15) is 23.9 Å². The van der Waals surface area contributed by atoms with Crippen molar-refractivity contribution in [3.63, 3.8) is 0 Å². The molecule has 0 atom stereocenters. The lowest BCUT2D eigenvalue weighted by atomic mass is 10.2. The first-order valence-corrected chi connectivity index (χ1v) is 11.8. The number of aryl methyl sites for hydroxylation is 2. The number of hydrogen-bond acceptors (Lipinski definition) is 6. The monoisotopic (exact) mass is 453 g/mol. The highest BCUT2D eigenvalue weighted by Gasteiger charge is 2.17. The number of benzene rings is 1. The van der Waals surface area contributed by atoms with Crippen LogP contribution in [0.4, 0.5) is 5.69 Å². The average molecular weight is 454 g/mol. The second kappa shape index (κ2) is 8.68. The molecule has 0 aliphatic rings. The van der Waals surface area contributed by atoms with Crippen LogP contribution in [0.25, 0.3) is 15.9 Å². The van der Waals surface area contributed by atoms with E-state index >= 15 is 0 Å². The van der Waals surface area contributed by atoms with Gasteiger partial charge in [0.2, 0.25) is 5.91 Å². The zero-order chi connectivity index (χ0) is 22.1. The molecule has 0 unspecified atom stereocenters. The number of carbonyl (C=O) groups is 1. The third kappa shape index (κ3) is 4.15. The summed E-state index contributed by atoms with van der Waals surface area (Å²) < 4.78 is 4.09. The molecule has 0 bridgehead atoms. The average Bonchev–Trinajstić information content (AvgIpc) is 3.33. The Balaban J connectivity index is 1.52. The second-order valence-corrected chi connectivity index (χ2v) is 9.07. The van der Waals surface area contributed by atoms with Gasteiger partial charge in [0, 0.05) is 6.54 Å². The van der Waals surface area contributed by atoms with Crippen molar-refractivity contribution in [1.29, 1.82) is 0 Å². The molecule has 1 N–H and O–H groups in total. The van der Waals surface area contributed by atoms with Crippen LogP contribution in [0, 0.1) is 20.8 Å². The van der Waals surface area contributed by atoms with Gasteiger partial charge in [-0.2, -0.15) is 5.10 Å². The van der Waals surface area contributed by atoms with Crippen LogP contribution in [-0.2, 0) is 11.3 Å². The number of fused-ring (bicyclic) bond motifs is 1. The number of thioether (sulfide) groups is 1. The van der Waals surface area contributed by atoms with Crippen molar-refractivity contribution in [3.8, 4) is 5.69 Å². The summed E-state index contributed by atoms with van der Waals surface area (Å²) >= 11 is 2.65. The van der Waals surface area contributed by atoms with E-state index in [4.69, 9.17) is 0 Å². The Bertz CT molecular complexity index is 1320. The fourth-order valence-electron chi connectivity index (χ4n) is 3.38. The van der Waals surface area contributed by atoms with Crippen LogP contribution in [0.15, 0.2) is 45.7 Å². The molecule has 3 aromatic heterocycles. The van der Waals surface area contributed by atoms with Gasteiger partial charge in [0.1, 0.15) is 4.70 Å². The van der Waals surface area contributed by atoms with Gasteiger partial charge in [-0.15, -0.1) is 11.3 Å². The number of hydrogen-bond donors (Lipinski definition) is 1. The number of rotatable bonds is 6. The van der Waals surface area contributed by atoms with Crippen molar-refractivity contribution in [2.24, 2.45) is 0 Å². The molecular formula is C22H23N5O2S2. The van der Waals surface area contributed by atoms with Gasteiger partial charge in [-0.05, 0) is 51.3 Å². The predicted octanol–water partition coefficient (Wildman–Crippen LogP) is 4.32. The lowest BCUT2D eigenvalue weighted by molar-refractivity contribution is -0.113. The van der Waals surface area contributed by atoms with Crippen LogP contribution >= 0.6 is 23.1 Å². The molecule has 0 saturated heterocycles. The van der Waals surface area contributed by atoms with E-state index in [2.05, 4.69) is 15.4 Å². The van der Waals surface area contributed by atoms with Crippen LogP contribution in [0.3, 0.4) is 0 Å². The summed E-state index contributed by atoms with van der Waals surface area (Å²) in [5.74, 6) is -0.0154.